The second-order valence-electron chi connectivity index (χ2n) is 5.69. The molecule has 0 amide bonds. The molecule has 1 atom stereocenters. The summed E-state index contributed by atoms with van der Waals surface area (Å²) in [6.45, 7) is 0.558. The fraction of sp³-hybridized carbons (Fsp3) is 0.222. The van der Waals surface area contributed by atoms with Gasteiger partial charge in [-0.25, -0.2) is 0 Å². The minimum Gasteiger partial charge on any atom is -0.544 e. The van der Waals surface area contributed by atoms with Crippen LogP contribution in [-0.4, -0.2) is 24.6 Å². The Balaban J connectivity index is 1.62. The summed E-state index contributed by atoms with van der Waals surface area (Å²) >= 11 is 5.79. The van der Waals surface area contributed by atoms with Gasteiger partial charge in [-0.05, 0) is 42.5 Å². The highest BCUT2D eigenvalue weighted by Gasteiger charge is 2.20. The molecule has 2 aromatic carbocycles. The average Bonchev–Trinajstić information content (AvgIpc) is 3.06. The molecule has 2 aromatic rings. The molecule has 0 radical (unpaired) electrons. The summed E-state index contributed by atoms with van der Waals surface area (Å²) in [5.41, 5.74) is 1.29. The Labute approximate surface area is 149 Å². The molecule has 0 bridgehead atoms. The molecular formula is C18H16ClNO5. The third kappa shape index (κ3) is 4.29. The van der Waals surface area contributed by atoms with Gasteiger partial charge in [-0.3, -0.25) is 4.79 Å². The summed E-state index contributed by atoms with van der Waals surface area (Å²) in [7, 11) is 0. The zero-order valence-corrected chi connectivity index (χ0v) is 14.0. The standard InChI is InChI=1S/C18H16ClNO5/c19-13-4-2-12(3-5-13)15(21)8-14(18(22)23)20-9-11-1-6-16-17(7-11)25-10-24-16/h1-7,14,20H,8-10H2,(H,22,23)/t14-/m1/s1. The molecule has 0 spiro atoms. The summed E-state index contributed by atoms with van der Waals surface area (Å²) in [6, 6.07) is 10.8. The van der Waals surface area contributed by atoms with Gasteiger partial charge in [0, 0.05) is 16.1 Å². The Morgan fingerprint density at radius 3 is 2.56 bits per heavy atom. The predicted octanol–water partition coefficient (Wildman–Crippen LogP) is 0.524. The quantitative estimate of drug-likeness (QED) is 0.726. The summed E-state index contributed by atoms with van der Waals surface area (Å²) < 4.78 is 10.5. The lowest BCUT2D eigenvalue weighted by Gasteiger charge is -2.16. The Hall–Kier alpha value is -2.57. The fourth-order valence-electron chi connectivity index (χ4n) is 2.56. The highest BCUT2D eigenvalue weighted by molar-refractivity contribution is 6.30. The summed E-state index contributed by atoms with van der Waals surface area (Å²) in [6.07, 6.45) is -0.158. The molecule has 3 rings (SSSR count). The van der Waals surface area contributed by atoms with E-state index in [1.165, 1.54) is 0 Å². The van der Waals surface area contributed by atoms with Crippen molar-refractivity contribution < 1.29 is 29.5 Å². The van der Waals surface area contributed by atoms with E-state index in [1.54, 1.807) is 41.7 Å². The first-order valence-electron chi connectivity index (χ1n) is 7.74. The van der Waals surface area contributed by atoms with Crippen LogP contribution in [0.1, 0.15) is 22.3 Å². The molecule has 0 saturated heterocycles. The molecule has 0 saturated carbocycles. The van der Waals surface area contributed by atoms with E-state index in [1.807, 2.05) is 6.07 Å². The maximum atomic E-state index is 12.2. The minimum atomic E-state index is -1.27. The van der Waals surface area contributed by atoms with Crippen LogP contribution in [0.5, 0.6) is 11.5 Å². The molecule has 0 aromatic heterocycles. The SMILES string of the molecule is O=C(C[C@@H]([NH2+]Cc1ccc2c(c1)OCO2)C(=O)[O-])c1ccc(Cl)cc1. The van der Waals surface area contributed by atoms with Crippen LogP contribution in [0, 0.1) is 0 Å². The van der Waals surface area contributed by atoms with Crippen molar-refractivity contribution in [3.8, 4) is 11.5 Å². The Kier molecular flexibility index (Phi) is 5.21. The van der Waals surface area contributed by atoms with Crippen molar-refractivity contribution in [1.29, 1.82) is 0 Å². The van der Waals surface area contributed by atoms with Crippen LogP contribution in [0.15, 0.2) is 42.5 Å². The predicted molar refractivity (Wildman–Crippen MR) is 87.4 cm³/mol. The number of benzene rings is 2. The van der Waals surface area contributed by atoms with Crippen molar-refractivity contribution in [2.24, 2.45) is 0 Å². The van der Waals surface area contributed by atoms with E-state index in [0.29, 0.717) is 28.6 Å². The van der Waals surface area contributed by atoms with Crippen LogP contribution in [0.3, 0.4) is 0 Å². The minimum absolute atomic E-state index is 0.158. The van der Waals surface area contributed by atoms with Crippen LogP contribution in [0.2, 0.25) is 5.02 Å². The van der Waals surface area contributed by atoms with E-state index >= 15 is 0 Å². The average molecular weight is 362 g/mol. The molecule has 130 valence electrons. The third-order valence-corrected chi connectivity index (χ3v) is 4.20. The van der Waals surface area contributed by atoms with Gasteiger partial charge in [0.05, 0.1) is 12.4 Å². The summed E-state index contributed by atoms with van der Waals surface area (Å²) in [4.78, 5) is 23.6. The highest BCUT2D eigenvalue weighted by Crippen LogP contribution is 2.32. The van der Waals surface area contributed by atoms with Crippen LogP contribution in [0.4, 0.5) is 0 Å². The van der Waals surface area contributed by atoms with Crippen molar-refractivity contribution in [3.63, 3.8) is 0 Å². The van der Waals surface area contributed by atoms with Crippen molar-refractivity contribution in [1.82, 2.24) is 0 Å². The number of aliphatic carboxylic acids is 1. The van der Waals surface area contributed by atoms with Crippen LogP contribution >= 0.6 is 11.6 Å². The smallest absolute Gasteiger partial charge is 0.231 e. The van der Waals surface area contributed by atoms with E-state index in [0.717, 1.165) is 5.56 Å². The molecule has 7 heteroatoms. The van der Waals surface area contributed by atoms with Crippen LogP contribution in [-0.2, 0) is 11.3 Å². The number of carboxylic acids is 1. The molecule has 0 aliphatic carbocycles. The molecule has 1 heterocycles. The zero-order valence-electron chi connectivity index (χ0n) is 13.2. The number of carboxylic acid groups (broad SMARTS) is 1. The van der Waals surface area contributed by atoms with Crippen molar-refractivity contribution in [2.75, 3.05) is 6.79 Å². The van der Waals surface area contributed by atoms with E-state index in [4.69, 9.17) is 21.1 Å². The lowest BCUT2D eigenvalue weighted by molar-refractivity contribution is -0.697. The van der Waals surface area contributed by atoms with Crippen LogP contribution in [0.25, 0.3) is 0 Å². The first-order valence-corrected chi connectivity index (χ1v) is 8.12. The van der Waals surface area contributed by atoms with Gasteiger partial charge in [0.2, 0.25) is 6.79 Å². The summed E-state index contributed by atoms with van der Waals surface area (Å²) in [5, 5.41) is 13.5. The van der Waals surface area contributed by atoms with Gasteiger partial charge < -0.3 is 24.7 Å². The first kappa shape index (κ1) is 17.3. The molecule has 0 fully saturated rings. The lowest BCUT2D eigenvalue weighted by atomic mass is 10.0. The number of nitrogens with two attached hydrogens (primary N) is 1. The Bertz CT molecular complexity index is 791. The topological polar surface area (TPSA) is 92.3 Å². The maximum Gasteiger partial charge on any atom is 0.231 e. The van der Waals surface area contributed by atoms with E-state index in [9.17, 15) is 14.7 Å². The van der Waals surface area contributed by atoms with Crippen LogP contribution < -0.4 is 19.9 Å². The second-order valence-corrected chi connectivity index (χ2v) is 6.12. The van der Waals surface area contributed by atoms with E-state index in [-0.39, 0.29) is 19.0 Å². The van der Waals surface area contributed by atoms with Gasteiger partial charge in [-0.15, -0.1) is 0 Å². The van der Waals surface area contributed by atoms with Gasteiger partial charge in [0.1, 0.15) is 12.6 Å². The maximum absolute atomic E-state index is 12.2. The lowest BCUT2D eigenvalue weighted by Crippen LogP contribution is -2.92. The highest BCUT2D eigenvalue weighted by atomic mass is 35.5. The number of hydrogen-bond acceptors (Lipinski definition) is 5. The number of carbonyl (C=O) groups excluding carboxylic acids is 2. The molecule has 1 aliphatic heterocycles. The normalized spacial score (nSPS) is 13.5. The molecule has 1 aliphatic rings. The van der Waals surface area contributed by atoms with E-state index in [2.05, 4.69) is 0 Å². The van der Waals surface area contributed by atoms with Crippen molar-refractivity contribution in [2.45, 2.75) is 19.0 Å². The molecular weight excluding hydrogens is 346 g/mol. The number of ether oxygens (including phenoxy) is 2. The number of fused-ring (bicyclic) bond motifs is 1. The molecule has 25 heavy (non-hydrogen) atoms. The fourth-order valence-corrected chi connectivity index (χ4v) is 2.69. The zero-order chi connectivity index (χ0) is 17.8. The number of rotatable bonds is 7. The Morgan fingerprint density at radius 1 is 1.12 bits per heavy atom. The number of hydrogen-bond donors (Lipinski definition) is 1. The third-order valence-electron chi connectivity index (χ3n) is 3.95. The van der Waals surface area contributed by atoms with Crippen molar-refractivity contribution in [3.05, 3.63) is 58.6 Å². The second kappa shape index (κ2) is 7.55. The van der Waals surface area contributed by atoms with Gasteiger partial charge in [0.25, 0.3) is 0 Å². The summed E-state index contributed by atoms with van der Waals surface area (Å²) in [5.74, 6) is -0.248. The number of ketones is 1. The monoisotopic (exact) mass is 361 g/mol. The van der Waals surface area contributed by atoms with Gasteiger partial charge in [-0.2, -0.15) is 0 Å². The van der Waals surface area contributed by atoms with Crippen molar-refractivity contribution >= 4 is 23.4 Å². The number of carbonyl (C=O) groups is 2. The van der Waals surface area contributed by atoms with Gasteiger partial charge >= 0.3 is 0 Å². The largest absolute Gasteiger partial charge is 0.544 e. The van der Waals surface area contributed by atoms with E-state index < -0.39 is 12.0 Å². The van der Waals surface area contributed by atoms with Gasteiger partial charge in [-0.1, -0.05) is 11.6 Å². The number of quaternary nitrogens is 1. The molecule has 0 unspecified atom stereocenters. The Morgan fingerprint density at radius 2 is 1.84 bits per heavy atom. The molecule has 6 nitrogen and oxygen atoms in total. The van der Waals surface area contributed by atoms with Gasteiger partial charge in [0.15, 0.2) is 17.3 Å². The molecule has 2 N–H and O–H groups in total. The first-order chi connectivity index (χ1) is 12.0. The number of Topliss-reactive ketones (excluding diaryl/α,β-unsaturated/α-hetero) is 1. The number of halogens is 1.